The van der Waals surface area contributed by atoms with Crippen LogP contribution in [0.4, 0.5) is 11.4 Å². The third-order valence-corrected chi connectivity index (χ3v) is 17.2. The van der Waals surface area contributed by atoms with Crippen LogP contribution in [0.3, 0.4) is 0 Å². The maximum absolute atomic E-state index is 14.3. The van der Waals surface area contributed by atoms with Crippen LogP contribution >= 0.6 is 0 Å². The monoisotopic (exact) mass is 1150 g/mol. The van der Waals surface area contributed by atoms with E-state index in [1.54, 1.807) is 59.5 Å². The third-order valence-electron chi connectivity index (χ3n) is 17.2. The number of hydrogen-bond acceptors (Lipinski definition) is 16. The summed E-state index contributed by atoms with van der Waals surface area (Å²) < 4.78 is 3.43. The SMILES string of the molecule is CN[C@@H](C)C(=O)N[C@H]1CCCC[C@H]2CC[C@@H](C(=O)N[C@@H](c3ccccc3)c3cn(CCCCNc4c(NCCCCn5cc([C@@H](NC(=O)[C@@H]6CC[C@@H]7CCCC[C@H](NC(=O)[C@H](C)NC)C(=O)N76)c6ccccc6)nn5)c(=O)c4=O)nn3)N2C1=O. The Bertz CT molecular complexity index is 2920. The molecule has 0 radical (unpaired) electrons. The van der Waals surface area contributed by atoms with Crippen LogP contribution in [0.25, 0.3) is 0 Å². The number of amides is 6. The van der Waals surface area contributed by atoms with Gasteiger partial charge in [-0.25, -0.2) is 0 Å². The summed E-state index contributed by atoms with van der Waals surface area (Å²) >= 11 is 0. The maximum Gasteiger partial charge on any atom is 0.253 e. The molecule has 4 fully saturated rings. The first-order chi connectivity index (χ1) is 40.7. The molecule has 6 heterocycles. The molecule has 10 atom stereocenters. The molecule has 4 aliphatic heterocycles. The van der Waals surface area contributed by atoms with Gasteiger partial charge >= 0.3 is 0 Å². The summed E-state index contributed by atoms with van der Waals surface area (Å²) in [6.07, 6.45) is 14.7. The van der Waals surface area contributed by atoms with Gasteiger partial charge in [0.05, 0.1) is 36.6 Å². The lowest BCUT2D eigenvalue weighted by Gasteiger charge is -2.36. The number of unbranched alkanes of at least 4 members (excludes halogenated alkanes) is 2. The number of aromatic nitrogens is 6. The van der Waals surface area contributed by atoms with E-state index in [0.717, 1.165) is 49.7 Å². The Morgan fingerprint density at radius 2 is 0.917 bits per heavy atom. The Morgan fingerprint density at radius 1 is 0.524 bits per heavy atom. The number of carbonyl (C=O) groups excluding carboxylic acids is 6. The highest BCUT2D eigenvalue weighted by Crippen LogP contribution is 2.34. The topological polar surface area (TPSA) is 301 Å². The Morgan fingerprint density at radius 3 is 1.31 bits per heavy atom. The van der Waals surface area contributed by atoms with E-state index in [9.17, 15) is 38.4 Å². The third kappa shape index (κ3) is 14.4. The first kappa shape index (κ1) is 60.7. The fraction of sp³-hybridized carbons (Fsp3) is 0.567. The van der Waals surface area contributed by atoms with Gasteiger partial charge in [0.1, 0.15) is 46.9 Å². The predicted molar refractivity (Wildman–Crippen MR) is 315 cm³/mol. The molecule has 0 bridgehead atoms. The highest BCUT2D eigenvalue weighted by Gasteiger charge is 2.46. The summed E-state index contributed by atoms with van der Waals surface area (Å²) in [5.74, 6) is -1.54. The number of carbonyl (C=O) groups is 6. The van der Waals surface area contributed by atoms with Gasteiger partial charge in [0.15, 0.2) is 0 Å². The van der Waals surface area contributed by atoms with Crippen LogP contribution in [-0.4, -0.2) is 151 Å². The van der Waals surface area contributed by atoms with Crippen LogP contribution < -0.4 is 53.4 Å². The number of nitrogens with one attached hydrogen (secondary N) is 8. The fourth-order valence-electron chi connectivity index (χ4n) is 12.2. The molecule has 8 N–H and O–H groups in total. The largest absolute Gasteiger partial charge is 0.380 e. The molecule has 2 aromatic heterocycles. The van der Waals surface area contributed by atoms with Gasteiger partial charge in [0.25, 0.3) is 10.9 Å². The van der Waals surface area contributed by atoms with E-state index in [4.69, 9.17) is 0 Å². The van der Waals surface area contributed by atoms with Gasteiger partial charge in [-0.3, -0.25) is 47.7 Å². The molecule has 4 saturated heterocycles. The number of benzene rings is 2. The highest BCUT2D eigenvalue weighted by atomic mass is 16.2. The molecule has 0 aliphatic carbocycles. The minimum Gasteiger partial charge on any atom is -0.380 e. The van der Waals surface area contributed by atoms with Crippen LogP contribution in [0, 0.1) is 0 Å². The van der Waals surface area contributed by atoms with Crippen molar-refractivity contribution >= 4 is 46.8 Å². The molecular weight excluding hydrogens is 1070 g/mol. The minimum atomic E-state index is -0.710. The highest BCUT2D eigenvalue weighted by molar-refractivity contribution is 5.95. The Labute approximate surface area is 489 Å². The average Bonchev–Trinajstić information content (AvgIpc) is 3.34. The smallest absolute Gasteiger partial charge is 0.253 e. The lowest BCUT2D eigenvalue weighted by molar-refractivity contribution is -0.144. The number of aryl methyl sites for hydroxylation is 2. The number of nitrogens with zero attached hydrogens (tertiary/aromatic N) is 8. The van der Waals surface area contributed by atoms with E-state index >= 15 is 0 Å². The van der Waals surface area contributed by atoms with Crippen LogP contribution in [0.1, 0.15) is 151 Å². The lowest BCUT2D eigenvalue weighted by atomic mass is 9.98. The van der Waals surface area contributed by atoms with Crippen molar-refractivity contribution in [3.05, 3.63) is 116 Å². The summed E-state index contributed by atoms with van der Waals surface area (Å²) in [5.41, 5.74) is 2.10. The minimum absolute atomic E-state index is 0.0867. The Kier molecular flexibility index (Phi) is 20.7. The summed E-state index contributed by atoms with van der Waals surface area (Å²) in [7, 11) is 3.39. The van der Waals surface area contributed by atoms with E-state index in [1.165, 1.54) is 0 Å². The lowest BCUT2D eigenvalue weighted by Crippen LogP contribution is -2.58. The zero-order valence-electron chi connectivity index (χ0n) is 48.7. The normalized spacial score (nSPS) is 22.3. The number of anilines is 2. The van der Waals surface area contributed by atoms with E-state index in [0.29, 0.717) is 102 Å². The van der Waals surface area contributed by atoms with Crippen molar-refractivity contribution in [3.63, 3.8) is 0 Å². The number of hydrogen-bond donors (Lipinski definition) is 8. The molecule has 6 amide bonds. The van der Waals surface area contributed by atoms with Gasteiger partial charge in [-0.15, -0.1) is 10.2 Å². The second-order valence-electron chi connectivity index (χ2n) is 22.9. The van der Waals surface area contributed by atoms with E-state index < -0.39 is 59.2 Å². The van der Waals surface area contributed by atoms with Crippen molar-refractivity contribution in [2.24, 2.45) is 0 Å². The second kappa shape index (κ2) is 28.6. The first-order valence-electron chi connectivity index (χ1n) is 30.2. The summed E-state index contributed by atoms with van der Waals surface area (Å²) in [4.78, 5) is 111. The molecule has 450 valence electrons. The molecule has 5 aromatic rings. The summed E-state index contributed by atoms with van der Waals surface area (Å²) in [5, 5.41) is 42.2. The zero-order chi connectivity index (χ0) is 59.3. The number of fused-ring (bicyclic) bond motifs is 2. The fourth-order valence-corrected chi connectivity index (χ4v) is 12.2. The molecule has 0 spiro atoms. The second-order valence-corrected chi connectivity index (χ2v) is 22.9. The maximum atomic E-state index is 14.3. The predicted octanol–water partition coefficient (Wildman–Crippen LogP) is 2.71. The van der Waals surface area contributed by atoms with Crippen molar-refractivity contribution < 1.29 is 28.8 Å². The average molecular weight is 1160 g/mol. The van der Waals surface area contributed by atoms with Crippen molar-refractivity contribution in [1.82, 2.24) is 71.7 Å². The van der Waals surface area contributed by atoms with Crippen LogP contribution in [0.15, 0.2) is 82.6 Å². The molecular formula is C60H82N16O8. The van der Waals surface area contributed by atoms with Crippen LogP contribution in [-0.2, 0) is 41.9 Å². The molecule has 84 heavy (non-hydrogen) atoms. The van der Waals surface area contributed by atoms with Gasteiger partial charge in [0.2, 0.25) is 35.4 Å². The van der Waals surface area contributed by atoms with Crippen molar-refractivity contribution in [2.45, 2.75) is 190 Å². The van der Waals surface area contributed by atoms with Crippen molar-refractivity contribution in [3.8, 4) is 0 Å². The van der Waals surface area contributed by atoms with E-state index in [-0.39, 0.29) is 58.9 Å². The summed E-state index contributed by atoms with van der Waals surface area (Å²) in [6, 6.07) is 13.8. The standard InChI is InChI=1S/C60H82N16O8/c1-37(61-3)55(79)65-43-25-13-11-23-41-27-29-47(75(41)59(43)83)57(81)67-49(39-19-7-5-8-20-39)45-35-73(71-69-45)33-17-15-31-63-51-52(54(78)53(51)77)64-32-16-18-34-74-36-46(70-72-74)50(40-21-9-6-10-22-40)68-58(82)48-30-28-42-24-12-14-26-44(60(84)76(42)48)66-56(80)38(2)62-4/h5-10,19-22,35-38,41-44,47-50,61-64H,11-18,23-34H2,1-4H3,(H,65,79)(H,66,80)(H,67,81)(H,68,82)/t37-,38-,41-,42-,43-,44-,47-,48-,49-,50-/m0/s1. The van der Waals surface area contributed by atoms with Gasteiger partial charge in [-0.2, -0.15) is 0 Å². The van der Waals surface area contributed by atoms with E-state index in [2.05, 4.69) is 63.2 Å². The number of likely N-dealkylation sites (N-methyl/N-ethyl adjacent to an activating group) is 2. The number of rotatable bonds is 26. The van der Waals surface area contributed by atoms with Crippen LogP contribution in [0.2, 0.25) is 0 Å². The Balaban J connectivity index is 0.735. The molecule has 9 rings (SSSR count). The van der Waals surface area contributed by atoms with Gasteiger partial charge < -0.3 is 52.3 Å². The molecule has 24 nitrogen and oxygen atoms in total. The molecule has 4 aliphatic rings. The van der Waals surface area contributed by atoms with Gasteiger partial charge in [-0.1, -0.05) is 96.8 Å². The van der Waals surface area contributed by atoms with Crippen molar-refractivity contribution in [1.29, 1.82) is 0 Å². The Hall–Kier alpha value is -7.86. The van der Waals surface area contributed by atoms with E-state index in [1.807, 2.05) is 60.7 Å². The summed E-state index contributed by atoms with van der Waals surface area (Å²) in [6.45, 7) is 5.37. The molecule has 0 saturated carbocycles. The first-order valence-corrected chi connectivity index (χ1v) is 30.2. The van der Waals surface area contributed by atoms with Gasteiger partial charge in [-0.05, 0) is 116 Å². The van der Waals surface area contributed by atoms with Crippen LogP contribution in [0.5, 0.6) is 0 Å². The zero-order valence-corrected chi connectivity index (χ0v) is 48.7. The quantitative estimate of drug-likeness (QED) is 0.0292. The molecule has 3 aromatic carbocycles. The molecule has 24 heteroatoms. The van der Waals surface area contributed by atoms with Crippen molar-refractivity contribution in [2.75, 3.05) is 37.8 Å². The van der Waals surface area contributed by atoms with Gasteiger partial charge in [0, 0.05) is 38.3 Å². The molecule has 0 unspecified atom stereocenters.